The minimum absolute atomic E-state index is 0.0189. The Morgan fingerprint density at radius 3 is 2.75 bits per heavy atom. The van der Waals surface area contributed by atoms with Crippen LogP contribution >= 0.6 is 23.4 Å². The third-order valence-electron chi connectivity index (χ3n) is 3.59. The van der Waals surface area contributed by atoms with Gasteiger partial charge in [-0.25, -0.2) is 13.1 Å². The SMILES string of the molecule is CSC1CCC(NS(=O)(=O)c2ccc(CN)c(Cl)c2)C1. The van der Waals surface area contributed by atoms with E-state index in [1.54, 1.807) is 23.9 Å². The van der Waals surface area contributed by atoms with Gasteiger partial charge >= 0.3 is 0 Å². The number of benzene rings is 1. The van der Waals surface area contributed by atoms with Gasteiger partial charge in [0.25, 0.3) is 0 Å². The Morgan fingerprint density at radius 1 is 1.45 bits per heavy atom. The fraction of sp³-hybridized carbons (Fsp3) is 0.538. The smallest absolute Gasteiger partial charge is 0.240 e. The van der Waals surface area contributed by atoms with Crippen molar-refractivity contribution >= 4 is 33.4 Å². The van der Waals surface area contributed by atoms with E-state index in [1.807, 2.05) is 0 Å². The van der Waals surface area contributed by atoms with Crippen molar-refractivity contribution in [3.05, 3.63) is 28.8 Å². The molecule has 0 aliphatic heterocycles. The minimum Gasteiger partial charge on any atom is -0.326 e. The number of thioether (sulfide) groups is 1. The molecule has 1 aliphatic carbocycles. The molecule has 1 aromatic rings. The normalized spacial score (nSPS) is 23.1. The maximum Gasteiger partial charge on any atom is 0.240 e. The molecule has 4 nitrogen and oxygen atoms in total. The topological polar surface area (TPSA) is 72.2 Å². The van der Waals surface area contributed by atoms with E-state index in [0.717, 1.165) is 24.8 Å². The summed E-state index contributed by atoms with van der Waals surface area (Å²) in [6.45, 7) is 0.296. The van der Waals surface area contributed by atoms with Crippen LogP contribution in [0.15, 0.2) is 23.1 Å². The Hall–Kier alpha value is -0.270. The fourth-order valence-corrected chi connectivity index (χ4v) is 4.84. The van der Waals surface area contributed by atoms with E-state index < -0.39 is 10.0 Å². The molecule has 0 aromatic heterocycles. The van der Waals surface area contributed by atoms with Gasteiger partial charge in [0.05, 0.1) is 4.90 Å². The van der Waals surface area contributed by atoms with E-state index in [2.05, 4.69) is 11.0 Å². The standard InChI is InChI=1S/C13H19ClN2O2S2/c1-19-11-4-3-10(6-11)16-20(17,18)12-5-2-9(8-15)13(14)7-12/h2,5,7,10-11,16H,3-4,6,8,15H2,1H3. The molecule has 1 saturated carbocycles. The van der Waals surface area contributed by atoms with Crippen molar-refractivity contribution in [1.82, 2.24) is 4.72 Å². The molecule has 0 amide bonds. The van der Waals surface area contributed by atoms with E-state index in [1.165, 1.54) is 6.07 Å². The molecule has 112 valence electrons. The van der Waals surface area contributed by atoms with Crippen LogP contribution in [0.25, 0.3) is 0 Å². The number of nitrogens with one attached hydrogen (secondary N) is 1. The Morgan fingerprint density at radius 2 is 2.20 bits per heavy atom. The van der Waals surface area contributed by atoms with E-state index in [0.29, 0.717) is 16.8 Å². The minimum atomic E-state index is -3.51. The van der Waals surface area contributed by atoms with Gasteiger partial charge in [-0.1, -0.05) is 17.7 Å². The van der Waals surface area contributed by atoms with Crippen LogP contribution < -0.4 is 10.5 Å². The number of nitrogens with two attached hydrogens (primary N) is 1. The Balaban J connectivity index is 2.12. The predicted molar refractivity (Wildman–Crippen MR) is 84.6 cm³/mol. The number of rotatable bonds is 5. The summed E-state index contributed by atoms with van der Waals surface area (Å²) in [5, 5.41) is 0.940. The molecule has 1 aliphatic rings. The lowest BCUT2D eigenvalue weighted by atomic mass is 10.2. The molecule has 0 heterocycles. The lowest BCUT2D eigenvalue weighted by molar-refractivity contribution is 0.552. The summed E-state index contributed by atoms with van der Waals surface area (Å²) in [5.74, 6) is 0. The molecule has 0 spiro atoms. The summed E-state index contributed by atoms with van der Waals surface area (Å²) >= 11 is 7.82. The first-order valence-electron chi connectivity index (χ1n) is 6.50. The summed E-state index contributed by atoms with van der Waals surface area (Å²) in [4.78, 5) is 0.201. The molecular weight excluding hydrogens is 316 g/mol. The molecule has 0 saturated heterocycles. The van der Waals surface area contributed by atoms with Crippen molar-refractivity contribution in [3.63, 3.8) is 0 Å². The Bertz CT molecular complexity index is 578. The zero-order valence-electron chi connectivity index (χ0n) is 11.3. The van der Waals surface area contributed by atoms with Crippen molar-refractivity contribution < 1.29 is 8.42 Å². The van der Waals surface area contributed by atoms with Crippen LogP contribution in [0.2, 0.25) is 5.02 Å². The predicted octanol–water partition coefficient (Wildman–Crippen LogP) is 2.36. The molecular formula is C13H19ClN2O2S2. The highest BCUT2D eigenvalue weighted by atomic mass is 35.5. The highest BCUT2D eigenvalue weighted by molar-refractivity contribution is 7.99. The molecule has 0 radical (unpaired) electrons. The molecule has 1 aromatic carbocycles. The molecule has 1 fully saturated rings. The Kier molecular flexibility index (Phi) is 5.36. The third-order valence-corrected chi connectivity index (χ3v) is 6.56. The lowest BCUT2D eigenvalue weighted by Gasteiger charge is -2.14. The van der Waals surface area contributed by atoms with Gasteiger partial charge in [0, 0.05) is 22.9 Å². The van der Waals surface area contributed by atoms with Crippen LogP contribution in [-0.2, 0) is 16.6 Å². The van der Waals surface area contributed by atoms with Crippen LogP contribution in [-0.4, -0.2) is 26.0 Å². The van der Waals surface area contributed by atoms with Gasteiger partial charge in [-0.15, -0.1) is 0 Å². The maximum atomic E-state index is 12.3. The van der Waals surface area contributed by atoms with Gasteiger partial charge in [0.15, 0.2) is 0 Å². The third kappa shape index (κ3) is 3.68. The van der Waals surface area contributed by atoms with E-state index in [-0.39, 0.29) is 10.9 Å². The van der Waals surface area contributed by atoms with Gasteiger partial charge in [-0.05, 0) is 43.2 Å². The summed E-state index contributed by atoms with van der Waals surface area (Å²) in [5.41, 5.74) is 6.26. The van der Waals surface area contributed by atoms with Gasteiger partial charge in [0.2, 0.25) is 10.0 Å². The summed E-state index contributed by atoms with van der Waals surface area (Å²) < 4.78 is 27.4. The average Bonchev–Trinajstić information content (AvgIpc) is 2.85. The molecule has 2 unspecified atom stereocenters. The van der Waals surface area contributed by atoms with E-state index in [4.69, 9.17) is 17.3 Å². The summed E-state index contributed by atoms with van der Waals surface area (Å²) in [7, 11) is -3.51. The number of halogens is 1. The van der Waals surface area contributed by atoms with Crippen LogP contribution in [0.5, 0.6) is 0 Å². The zero-order valence-corrected chi connectivity index (χ0v) is 13.7. The highest BCUT2D eigenvalue weighted by Gasteiger charge is 2.28. The van der Waals surface area contributed by atoms with Gasteiger partial charge in [-0.2, -0.15) is 11.8 Å². The first-order valence-corrected chi connectivity index (χ1v) is 9.65. The lowest BCUT2D eigenvalue weighted by Crippen LogP contribution is -2.33. The second-order valence-corrected chi connectivity index (χ2v) is 8.21. The van der Waals surface area contributed by atoms with Crippen LogP contribution in [0.3, 0.4) is 0 Å². The van der Waals surface area contributed by atoms with E-state index in [9.17, 15) is 8.42 Å². The number of hydrogen-bond donors (Lipinski definition) is 2. The second kappa shape index (κ2) is 6.66. The number of hydrogen-bond acceptors (Lipinski definition) is 4. The molecule has 7 heteroatoms. The van der Waals surface area contributed by atoms with Crippen molar-refractivity contribution in [2.45, 2.75) is 42.0 Å². The van der Waals surface area contributed by atoms with Gasteiger partial charge < -0.3 is 5.73 Å². The molecule has 2 rings (SSSR count). The monoisotopic (exact) mass is 334 g/mol. The van der Waals surface area contributed by atoms with Crippen LogP contribution in [0, 0.1) is 0 Å². The molecule has 20 heavy (non-hydrogen) atoms. The number of sulfonamides is 1. The van der Waals surface area contributed by atoms with Crippen LogP contribution in [0.4, 0.5) is 0 Å². The Labute approximate surface area is 129 Å². The van der Waals surface area contributed by atoms with E-state index >= 15 is 0 Å². The first-order chi connectivity index (χ1) is 9.46. The highest BCUT2D eigenvalue weighted by Crippen LogP contribution is 2.29. The quantitative estimate of drug-likeness (QED) is 0.867. The summed E-state index contributed by atoms with van der Waals surface area (Å²) in [6, 6.07) is 4.70. The molecule has 3 N–H and O–H groups in total. The largest absolute Gasteiger partial charge is 0.326 e. The van der Waals surface area contributed by atoms with Crippen molar-refractivity contribution in [2.24, 2.45) is 5.73 Å². The van der Waals surface area contributed by atoms with Crippen molar-refractivity contribution in [1.29, 1.82) is 0 Å². The van der Waals surface area contributed by atoms with Crippen LogP contribution in [0.1, 0.15) is 24.8 Å². The van der Waals surface area contributed by atoms with Gasteiger partial charge in [0.1, 0.15) is 0 Å². The average molecular weight is 335 g/mol. The fourth-order valence-electron chi connectivity index (χ4n) is 2.41. The summed E-state index contributed by atoms with van der Waals surface area (Å²) in [6.07, 6.45) is 4.89. The first kappa shape index (κ1) is 16.1. The zero-order chi connectivity index (χ0) is 14.8. The molecule has 0 bridgehead atoms. The van der Waals surface area contributed by atoms with Crippen molar-refractivity contribution in [3.8, 4) is 0 Å². The maximum absolute atomic E-state index is 12.3. The molecule has 2 atom stereocenters. The van der Waals surface area contributed by atoms with Gasteiger partial charge in [-0.3, -0.25) is 0 Å². The van der Waals surface area contributed by atoms with Crippen molar-refractivity contribution in [2.75, 3.05) is 6.26 Å². The second-order valence-electron chi connectivity index (χ2n) is 4.95.